The summed E-state index contributed by atoms with van der Waals surface area (Å²) in [5.74, 6) is -1.18. The second kappa shape index (κ2) is 4.99. The van der Waals surface area contributed by atoms with Gasteiger partial charge in [-0.05, 0) is 22.0 Å². The number of pyridine rings is 1. The Morgan fingerprint density at radius 2 is 2.31 bits per heavy atom. The lowest BCUT2D eigenvalue weighted by molar-refractivity contribution is -0.136. The van der Waals surface area contributed by atoms with Crippen molar-refractivity contribution in [3.63, 3.8) is 0 Å². The molecule has 7 heteroatoms. The monoisotopic (exact) mass is 290 g/mol. The van der Waals surface area contributed by atoms with E-state index in [1.54, 1.807) is 6.07 Å². The number of carboxylic acid groups (broad SMARTS) is 1. The number of rotatable bonds is 3. The van der Waals surface area contributed by atoms with Crippen molar-refractivity contribution in [3.05, 3.63) is 27.5 Å². The molecular weight excluding hydrogens is 286 g/mol. The lowest BCUT2D eigenvalue weighted by Gasteiger charge is -2.06. The number of carboxylic acids is 1. The minimum absolute atomic E-state index is 0.0359. The van der Waals surface area contributed by atoms with Crippen LogP contribution in [0.3, 0.4) is 0 Å². The van der Waals surface area contributed by atoms with E-state index < -0.39 is 24.4 Å². The van der Waals surface area contributed by atoms with Gasteiger partial charge in [-0.1, -0.05) is 0 Å². The summed E-state index contributed by atoms with van der Waals surface area (Å²) in [7, 11) is 0. The number of nitriles is 1. The Labute approximate surface area is 97.7 Å². The van der Waals surface area contributed by atoms with E-state index in [2.05, 4.69) is 20.9 Å². The van der Waals surface area contributed by atoms with Crippen molar-refractivity contribution in [1.29, 1.82) is 5.26 Å². The Bertz CT molecular complexity index is 471. The smallest absolute Gasteiger partial charge is 0.309 e. The molecule has 0 radical (unpaired) electrons. The second-order valence-electron chi connectivity index (χ2n) is 2.85. The van der Waals surface area contributed by atoms with Crippen LogP contribution >= 0.6 is 15.9 Å². The topological polar surface area (TPSA) is 74.0 Å². The zero-order valence-corrected chi connectivity index (χ0v) is 9.33. The molecule has 1 aromatic rings. The van der Waals surface area contributed by atoms with Gasteiger partial charge in [-0.15, -0.1) is 0 Å². The first-order valence-electron chi connectivity index (χ1n) is 4.05. The molecule has 84 valence electrons. The first-order valence-corrected chi connectivity index (χ1v) is 4.84. The summed E-state index contributed by atoms with van der Waals surface area (Å²) in [5.41, 5.74) is -0.613. The molecule has 0 fully saturated rings. The van der Waals surface area contributed by atoms with Crippen molar-refractivity contribution in [2.75, 3.05) is 0 Å². The first kappa shape index (κ1) is 12.5. The molecular formula is C9H5BrF2N2O2. The van der Waals surface area contributed by atoms with E-state index in [-0.39, 0.29) is 15.9 Å². The predicted octanol–water partition coefficient (Wildman–Crippen LogP) is 2.28. The van der Waals surface area contributed by atoms with E-state index in [0.29, 0.717) is 0 Å². The van der Waals surface area contributed by atoms with Gasteiger partial charge >= 0.3 is 5.97 Å². The Hall–Kier alpha value is -1.55. The number of alkyl halides is 2. The molecule has 0 aliphatic rings. The van der Waals surface area contributed by atoms with Gasteiger partial charge in [-0.3, -0.25) is 4.79 Å². The number of aromatic nitrogens is 1. The molecule has 0 amide bonds. The molecule has 16 heavy (non-hydrogen) atoms. The molecule has 0 saturated carbocycles. The van der Waals surface area contributed by atoms with Crippen molar-refractivity contribution < 1.29 is 18.7 Å². The van der Waals surface area contributed by atoms with Gasteiger partial charge in [0.15, 0.2) is 0 Å². The lowest BCUT2D eigenvalue weighted by Crippen LogP contribution is -2.06. The highest BCUT2D eigenvalue weighted by atomic mass is 79.9. The third-order valence-electron chi connectivity index (χ3n) is 1.76. The molecule has 0 unspecified atom stereocenters. The highest BCUT2D eigenvalue weighted by molar-refractivity contribution is 9.10. The Balaban J connectivity index is 3.27. The number of carbonyl (C=O) groups is 1. The van der Waals surface area contributed by atoms with Gasteiger partial charge < -0.3 is 5.11 Å². The minimum atomic E-state index is -2.77. The van der Waals surface area contributed by atoms with E-state index in [1.165, 1.54) is 0 Å². The maximum absolute atomic E-state index is 12.4. The number of hydrogen-bond acceptors (Lipinski definition) is 3. The second-order valence-corrected chi connectivity index (χ2v) is 3.60. The van der Waals surface area contributed by atoms with Gasteiger partial charge in [0.05, 0.1) is 23.2 Å². The van der Waals surface area contributed by atoms with Crippen molar-refractivity contribution >= 4 is 21.9 Å². The first-order chi connectivity index (χ1) is 7.45. The summed E-state index contributed by atoms with van der Waals surface area (Å²) in [5, 5.41) is 17.2. The highest BCUT2D eigenvalue weighted by Gasteiger charge is 2.18. The van der Waals surface area contributed by atoms with Crippen LogP contribution in [0.1, 0.15) is 23.2 Å². The Morgan fingerprint density at radius 3 is 2.75 bits per heavy atom. The Kier molecular flexibility index (Phi) is 3.90. The van der Waals surface area contributed by atoms with Gasteiger partial charge in [0.1, 0.15) is 10.7 Å². The van der Waals surface area contributed by atoms with E-state index in [1.807, 2.05) is 0 Å². The van der Waals surface area contributed by atoms with Gasteiger partial charge in [0, 0.05) is 0 Å². The molecule has 0 bridgehead atoms. The average molecular weight is 291 g/mol. The molecule has 4 nitrogen and oxygen atoms in total. The maximum atomic E-state index is 12.4. The summed E-state index contributed by atoms with van der Waals surface area (Å²) in [6.07, 6.45) is -3.25. The summed E-state index contributed by atoms with van der Waals surface area (Å²) in [4.78, 5) is 14.1. The van der Waals surface area contributed by atoms with Crippen LogP contribution in [-0.4, -0.2) is 16.1 Å². The van der Waals surface area contributed by atoms with Gasteiger partial charge in [-0.2, -0.15) is 5.26 Å². The third kappa shape index (κ3) is 2.73. The van der Waals surface area contributed by atoms with E-state index >= 15 is 0 Å². The molecule has 1 rings (SSSR count). The summed E-state index contributed by atoms with van der Waals surface area (Å²) < 4.78 is 24.7. The molecule has 0 aromatic carbocycles. The zero-order chi connectivity index (χ0) is 12.3. The normalized spacial score (nSPS) is 10.2. The standard InChI is InChI=1S/C9H5BrF2N2O2/c10-8-5(9(11)12)1-4(3-13)6(14-8)2-7(15)16/h1,9H,2H2,(H,15,16). The van der Waals surface area contributed by atoms with Crippen LogP contribution < -0.4 is 0 Å². The van der Waals surface area contributed by atoms with Crippen LogP contribution in [-0.2, 0) is 11.2 Å². The maximum Gasteiger partial charge on any atom is 0.309 e. The quantitative estimate of drug-likeness (QED) is 0.867. The van der Waals surface area contributed by atoms with Crippen LogP contribution in [0.2, 0.25) is 0 Å². The van der Waals surface area contributed by atoms with Crippen molar-refractivity contribution in [1.82, 2.24) is 4.98 Å². The lowest BCUT2D eigenvalue weighted by atomic mass is 10.1. The van der Waals surface area contributed by atoms with Crippen LogP contribution in [0.15, 0.2) is 10.7 Å². The fourth-order valence-corrected chi connectivity index (χ4v) is 1.57. The van der Waals surface area contributed by atoms with Crippen molar-refractivity contribution in [2.24, 2.45) is 0 Å². The van der Waals surface area contributed by atoms with E-state index in [0.717, 1.165) is 6.07 Å². The van der Waals surface area contributed by atoms with Gasteiger partial charge in [0.2, 0.25) is 0 Å². The zero-order valence-electron chi connectivity index (χ0n) is 7.75. The summed E-state index contributed by atoms with van der Waals surface area (Å²) in [6.45, 7) is 0. The van der Waals surface area contributed by atoms with E-state index in [9.17, 15) is 13.6 Å². The van der Waals surface area contributed by atoms with Crippen LogP contribution in [0.5, 0.6) is 0 Å². The largest absolute Gasteiger partial charge is 0.481 e. The Morgan fingerprint density at radius 1 is 1.69 bits per heavy atom. The highest BCUT2D eigenvalue weighted by Crippen LogP contribution is 2.27. The van der Waals surface area contributed by atoms with Gasteiger partial charge in [-0.25, -0.2) is 13.8 Å². The number of aliphatic carboxylic acids is 1. The molecule has 1 N–H and O–H groups in total. The molecule has 1 aromatic heterocycles. The molecule has 0 aliphatic carbocycles. The fourth-order valence-electron chi connectivity index (χ4n) is 1.07. The van der Waals surface area contributed by atoms with Crippen LogP contribution in [0.4, 0.5) is 8.78 Å². The molecule has 0 saturated heterocycles. The molecule has 0 atom stereocenters. The summed E-state index contributed by atoms with van der Waals surface area (Å²) >= 11 is 2.81. The van der Waals surface area contributed by atoms with Crippen LogP contribution in [0, 0.1) is 11.3 Å². The number of halogens is 3. The SMILES string of the molecule is N#Cc1cc(C(F)F)c(Br)nc1CC(=O)O. The third-order valence-corrected chi connectivity index (χ3v) is 2.39. The van der Waals surface area contributed by atoms with Crippen LogP contribution in [0.25, 0.3) is 0 Å². The van der Waals surface area contributed by atoms with Gasteiger partial charge in [0.25, 0.3) is 6.43 Å². The fraction of sp³-hybridized carbons (Fsp3) is 0.222. The van der Waals surface area contributed by atoms with E-state index in [4.69, 9.17) is 10.4 Å². The average Bonchev–Trinajstić information content (AvgIpc) is 2.16. The molecule has 0 aliphatic heterocycles. The molecule has 0 spiro atoms. The summed E-state index contributed by atoms with van der Waals surface area (Å²) in [6, 6.07) is 2.59. The number of hydrogen-bond donors (Lipinski definition) is 1. The minimum Gasteiger partial charge on any atom is -0.481 e. The van der Waals surface area contributed by atoms with Crippen molar-refractivity contribution in [3.8, 4) is 6.07 Å². The predicted molar refractivity (Wildman–Crippen MR) is 52.9 cm³/mol. The number of nitrogens with zero attached hydrogens (tertiary/aromatic N) is 2. The van der Waals surface area contributed by atoms with Crippen molar-refractivity contribution in [2.45, 2.75) is 12.8 Å². The molecule has 1 heterocycles.